The maximum absolute atomic E-state index is 13.7. The average Bonchev–Trinajstić information content (AvgIpc) is 2.69. The van der Waals surface area contributed by atoms with E-state index in [1.807, 2.05) is 0 Å². The van der Waals surface area contributed by atoms with E-state index < -0.39 is 17.6 Å². The van der Waals surface area contributed by atoms with E-state index in [2.05, 4.69) is 21.0 Å². The zero-order chi connectivity index (χ0) is 13.4. The molecule has 2 aromatic rings. The molecule has 1 heterocycles. The molecule has 0 atom stereocenters. The van der Waals surface area contributed by atoms with Crippen LogP contribution in [0.3, 0.4) is 0 Å². The Morgan fingerprint density at radius 2 is 2.06 bits per heavy atom. The summed E-state index contributed by atoms with van der Waals surface area (Å²) < 4.78 is 28.3. The van der Waals surface area contributed by atoms with Crippen molar-refractivity contribution in [1.82, 2.24) is 9.78 Å². The van der Waals surface area contributed by atoms with Crippen molar-refractivity contribution in [2.24, 2.45) is 7.05 Å². The summed E-state index contributed by atoms with van der Waals surface area (Å²) >= 11 is 2.87. The summed E-state index contributed by atoms with van der Waals surface area (Å²) in [5, 5.41) is 12.5. The number of aromatic carboxylic acids is 1. The van der Waals surface area contributed by atoms with E-state index in [9.17, 15) is 13.6 Å². The highest BCUT2D eigenvalue weighted by Gasteiger charge is 2.18. The molecule has 0 spiro atoms. The summed E-state index contributed by atoms with van der Waals surface area (Å²) in [5.74, 6) is -3.30. The Labute approximate surface area is 109 Å². The number of aryl methyl sites for hydroxylation is 1. The summed E-state index contributed by atoms with van der Waals surface area (Å²) in [7, 11) is 1.46. The number of carbonyl (C=O) groups is 1. The van der Waals surface area contributed by atoms with E-state index >= 15 is 0 Å². The van der Waals surface area contributed by atoms with Crippen LogP contribution in [0.4, 0.5) is 8.78 Å². The molecule has 0 aliphatic rings. The molecule has 0 saturated carbocycles. The van der Waals surface area contributed by atoms with Crippen LogP contribution in [0.1, 0.15) is 10.5 Å². The largest absolute Gasteiger partial charge is 0.476 e. The molecule has 2 rings (SSSR count). The first-order chi connectivity index (χ1) is 8.41. The van der Waals surface area contributed by atoms with Crippen LogP contribution in [0.15, 0.2) is 22.7 Å². The molecule has 0 amide bonds. The van der Waals surface area contributed by atoms with Gasteiger partial charge in [0.15, 0.2) is 17.3 Å². The number of hydrogen-bond donors (Lipinski definition) is 1. The smallest absolute Gasteiger partial charge is 0.356 e. The highest BCUT2D eigenvalue weighted by atomic mass is 79.9. The molecule has 0 aliphatic carbocycles. The van der Waals surface area contributed by atoms with Crippen molar-refractivity contribution in [3.05, 3.63) is 40.0 Å². The lowest BCUT2D eigenvalue weighted by Gasteiger charge is -2.05. The predicted molar refractivity (Wildman–Crippen MR) is 63.2 cm³/mol. The third-order valence-corrected chi connectivity index (χ3v) is 3.02. The van der Waals surface area contributed by atoms with Crippen LogP contribution >= 0.6 is 15.9 Å². The molecule has 0 radical (unpaired) electrons. The molecule has 1 N–H and O–H groups in total. The van der Waals surface area contributed by atoms with E-state index in [0.29, 0.717) is 0 Å². The molecule has 0 saturated heterocycles. The maximum Gasteiger partial charge on any atom is 0.356 e. The van der Waals surface area contributed by atoms with Gasteiger partial charge in [-0.25, -0.2) is 13.6 Å². The highest BCUT2D eigenvalue weighted by Crippen LogP contribution is 2.28. The van der Waals surface area contributed by atoms with Crippen molar-refractivity contribution in [3.8, 4) is 11.3 Å². The standard InChI is InChI=1S/C11H7BrF2N2O2/c1-16-8(4-7(15-16)11(17)18)5-2-3-6(12)10(14)9(5)13/h2-4H,1H3,(H,17,18). The zero-order valence-corrected chi connectivity index (χ0v) is 10.7. The van der Waals surface area contributed by atoms with E-state index in [4.69, 9.17) is 5.11 Å². The zero-order valence-electron chi connectivity index (χ0n) is 9.12. The van der Waals surface area contributed by atoms with Crippen molar-refractivity contribution >= 4 is 21.9 Å². The minimum absolute atomic E-state index is 0.00405. The van der Waals surface area contributed by atoms with Gasteiger partial charge in [-0.05, 0) is 34.1 Å². The minimum Gasteiger partial charge on any atom is -0.476 e. The van der Waals surface area contributed by atoms with E-state index in [-0.39, 0.29) is 21.4 Å². The van der Waals surface area contributed by atoms with Gasteiger partial charge in [-0.2, -0.15) is 5.10 Å². The molecular formula is C11H7BrF2N2O2. The van der Waals surface area contributed by atoms with Crippen LogP contribution in [0, 0.1) is 11.6 Å². The molecule has 0 unspecified atom stereocenters. The van der Waals surface area contributed by atoms with Crippen molar-refractivity contribution in [1.29, 1.82) is 0 Å². The average molecular weight is 317 g/mol. The molecule has 1 aromatic heterocycles. The van der Waals surface area contributed by atoms with Gasteiger partial charge in [-0.1, -0.05) is 0 Å². The molecule has 94 valence electrons. The molecule has 1 aromatic carbocycles. The van der Waals surface area contributed by atoms with Crippen LogP contribution in [-0.2, 0) is 7.05 Å². The van der Waals surface area contributed by atoms with Crippen LogP contribution in [-0.4, -0.2) is 20.9 Å². The van der Waals surface area contributed by atoms with Crippen LogP contribution in [0.2, 0.25) is 0 Å². The summed E-state index contributed by atoms with van der Waals surface area (Å²) in [6.45, 7) is 0. The first-order valence-corrected chi connectivity index (χ1v) is 5.62. The molecule has 0 fully saturated rings. The van der Waals surface area contributed by atoms with Gasteiger partial charge < -0.3 is 5.11 Å². The van der Waals surface area contributed by atoms with Gasteiger partial charge in [0.05, 0.1) is 10.2 Å². The second-order valence-electron chi connectivity index (χ2n) is 3.57. The SMILES string of the molecule is Cn1nc(C(=O)O)cc1-c1ccc(Br)c(F)c1F. The third-order valence-electron chi connectivity index (χ3n) is 2.41. The fourth-order valence-corrected chi connectivity index (χ4v) is 1.85. The maximum atomic E-state index is 13.7. The van der Waals surface area contributed by atoms with E-state index in [1.165, 1.54) is 29.9 Å². The van der Waals surface area contributed by atoms with E-state index in [0.717, 1.165) is 0 Å². The minimum atomic E-state index is -1.23. The number of benzene rings is 1. The second-order valence-corrected chi connectivity index (χ2v) is 4.42. The Kier molecular flexibility index (Phi) is 3.16. The summed E-state index contributed by atoms with van der Waals surface area (Å²) in [6, 6.07) is 3.89. The lowest BCUT2D eigenvalue weighted by molar-refractivity contribution is 0.0689. The van der Waals surface area contributed by atoms with Crippen molar-refractivity contribution in [2.75, 3.05) is 0 Å². The Morgan fingerprint density at radius 3 is 2.61 bits per heavy atom. The van der Waals surface area contributed by atoms with Crippen LogP contribution < -0.4 is 0 Å². The third kappa shape index (κ3) is 2.01. The number of hydrogen-bond acceptors (Lipinski definition) is 2. The van der Waals surface area contributed by atoms with Crippen LogP contribution in [0.25, 0.3) is 11.3 Å². The Balaban J connectivity index is 2.62. The fraction of sp³-hybridized carbons (Fsp3) is 0.0909. The highest BCUT2D eigenvalue weighted by molar-refractivity contribution is 9.10. The Morgan fingerprint density at radius 1 is 1.39 bits per heavy atom. The molecule has 4 nitrogen and oxygen atoms in total. The quantitative estimate of drug-likeness (QED) is 0.867. The van der Waals surface area contributed by atoms with Crippen molar-refractivity contribution in [2.45, 2.75) is 0 Å². The fourth-order valence-electron chi connectivity index (χ4n) is 1.55. The molecule has 0 bridgehead atoms. The Bertz CT molecular complexity index is 640. The molecular weight excluding hydrogens is 310 g/mol. The van der Waals surface area contributed by atoms with Gasteiger partial charge in [-0.15, -0.1) is 0 Å². The van der Waals surface area contributed by atoms with Crippen LogP contribution in [0.5, 0.6) is 0 Å². The van der Waals surface area contributed by atoms with Gasteiger partial charge in [0.2, 0.25) is 0 Å². The number of carboxylic acids is 1. The molecule has 18 heavy (non-hydrogen) atoms. The number of aromatic nitrogens is 2. The molecule has 0 aliphatic heterocycles. The topological polar surface area (TPSA) is 55.1 Å². The normalized spacial score (nSPS) is 10.7. The first kappa shape index (κ1) is 12.7. The number of halogens is 3. The van der Waals surface area contributed by atoms with Crippen molar-refractivity contribution < 1.29 is 18.7 Å². The van der Waals surface area contributed by atoms with Gasteiger partial charge in [0.25, 0.3) is 0 Å². The summed E-state index contributed by atoms with van der Waals surface area (Å²) in [6.07, 6.45) is 0. The number of rotatable bonds is 2. The first-order valence-electron chi connectivity index (χ1n) is 4.83. The lowest BCUT2D eigenvalue weighted by Crippen LogP contribution is -2.00. The van der Waals surface area contributed by atoms with Gasteiger partial charge in [0, 0.05) is 12.6 Å². The number of nitrogens with zero attached hydrogens (tertiary/aromatic N) is 2. The lowest BCUT2D eigenvalue weighted by atomic mass is 10.1. The monoisotopic (exact) mass is 316 g/mol. The Hall–Kier alpha value is -1.76. The van der Waals surface area contributed by atoms with Crippen molar-refractivity contribution in [3.63, 3.8) is 0 Å². The van der Waals surface area contributed by atoms with Gasteiger partial charge in [0.1, 0.15) is 0 Å². The number of carboxylic acid groups (broad SMARTS) is 1. The second kappa shape index (κ2) is 4.49. The summed E-state index contributed by atoms with van der Waals surface area (Å²) in [4.78, 5) is 10.8. The van der Waals surface area contributed by atoms with E-state index in [1.54, 1.807) is 0 Å². The van der Waals surface area contributed by atoms with Gasteiger partial charge in [-0.3, -0.25) is 4.68 Å². The predicted octanol–water partition coefficient (Wildman–Crippen LogP) is 2.83. The molecule has 7 heteroatoms. The van der Waals surface area contributed by atoms with Gasteiger partial charge >= 0.3 is 5.97 Å². The summed E-state index contributed by atoms with van der Waals surface area (Å²) in [5.41, 5.74) is -0.0790.